The van der Waals surface area contributed by atoms with E-state index in [1.165, 1.54) is 32.9 Å². The molecule has 0 atom stereocenters. The Morgan fingerprint density at radius 3 is 1.90 bits per heavy atom. The molecule has 0 unspecified atom stereocenters. The quantitative estimate of drug-likeness (QED) is 0.179. The van der Waals surface area contributed by atoms with E-state index in [0.717, 1.165) is 55.9 Å². The van der Waals surface area contributed by atoms with Crippen molar-refractivity contribution >= 4 is 60.8 Å². The van der Waals surface area contributed by atoms with Crippen LogP contribution in [-0.4, -0.2) is 9.55 Å². The Morgan fingerprint density at radius 2 is 1.10 bits per heavy atom. The molecular formula is C47H31N3O. The van der Waals surface area contributed by atoms with E-state index in [2.05, 4.69) is 173 Å². The van der Waals surface area contributed by atoms with Crippen molar-refractivity contribution in [3.05, 3.63) is 188 Å². The summed E-state index contributed by atoms with van der Waals surface area (Å²) in [6.45, 7) is 0. The van der Waals surface area contributed by atoms with E-state index in [1.807, 2.05) is 24.4 Å². The van der Waals surface area contributed by atoms with Gasteiger partial charge in [-0.3, -0.25) is 4.98 Å². The van der Waals surface area contributed by atoms with Crippen molar-refractivity contribution < 1.29 is 4.42 Å². The Kier molecular flexibility index (Phi) is 6.78. The summed E-state index contributed by atoms with van der Waals surface area (Å²) < 4.78 is 8.88. The van der Waals surface area contributed by atoms with E-state index in [4.69, 9.17) is 9.40 Å². The number of anilines is 3. The number of hydrogen-bond acceptors (Lipinski definition) is 3. The van der Waals surface area contributed by atoms with Crippen LogP contribution >= 0.6 is 0 Å². The molecule has 240 valence electrons. The fourth-order valence-corrected chi connectivity index (χ4v) is 7.45. The van der Waals surface area contributed by atoms with Crippen LogP contribution in [0.2, 0.25) is 0 Å². The molecule has 0 aliphatic heterocycles. The average Bonchev–Trinajstić information content (AvgIpc) is 3.75. The largest absolute Gasteiger partial charge is 0.454 e. The minimum atomic E-state index is 0.843. The number of pyridine rings is 1. The lowest BCUT2D eigenvalue weighted by Gasteiger charge is -2.25. The molecule has 3 aromatic heterocycles. The highest BCUT2D eigenvalue weighted by atomic mass is 16.3. The summed E-state index contributed by atoms with van der Waals surface area (Å²) >= 11 is 0. The molecule has 0 bridgehead atoms. The number of para-hydroxylation sites is 4. The summed E-state index contributed by atoms with van der Waals surface area (Å²) in [5.74, 6) is 0. The molecule has 10 aromatic rings. The van der Waals surface area contributed by atoms with Crippen molar-refractivity contribution in [1.29, 1.82) is 0 Å². The second kappa shape index (κ2) is 11.9. The molecule has 0 N–H and O–H groups in total. The smallest absolute Gasteiger partial charge is 0.159 e. The molecule has 0 fully saturated rings. The number of rotatable bonds is 6. The van der Waals surface area contributed by atoms with Gasteiger partial charge in [0.2, 0.25) is 0 Å². The maximum Gasteiger partial charge on any atom is 0.159 e. The molecule has 0 saturated carbocycles. The van der Waals surface area contributed by atoms with Crippen molar-refractivity contribution in [2.75, 3.05) is 4.90 Å². The first-order chi connectivity index (χ1) is 25.3. The SMILES string of the molecule is c1ccc(-c2ccc(N(c3ccc(-c4ccc5c(c4)c4ccccc4n5-c4ccccc4)nc3)c3cccc4c3oc3ccccc34)cc2)cc1. The molecular weight excluding hydrogens is 623 g/mol. The fraction of sp³-hybridized carbons (Fsp3) is 0. The van der Waals surface area contributed by atoms with Crippen molar-refractivity contribution in [2.24, 2.45) is 0 Å². The van der Waals surface area contributed by atoms with E-state index in [0.29, 0.717) is 0 Å². The van der Waals surface area contributed by atoms with Gasteiger partial charge in [0.1, 0.15) is 5.58 Å². The maximum absolute atomic E-state index is 6.54. The molecule has 10 rings (SSSR count). The third-order valence-electron chi connectivity index (χ3n) is 9.85. The molecule has 0 spiro atoms. The molecule has 4 nitrogen and oxygen atoms in total. The van der Waals surface area contributed by atoms with Gasteiger partial charge >= 0.3 is 0 Å². The first-order valence-electron chi connectivity index (χ1n) is 17.2. The van der Waals surface area contributed by atoms with E-state index >= 15 is 0 Å². The molecule has 0 amide bonds. The monoisotopic (exact) mass is 653 g/mol. The Bertz CT molecular complexity index is 2830. The van der Waals surface area contributed by atoms with Gasteiger partial charge in [0.05, 0.1) is 34.3 Å². The highest BCUT2D eigenvalue weighted by Crippen LogP contribution is 2.43. The first-order valence-corrected chi connectivity index (χ1v) is 17.2. The van der Waals surface area contributed by atoms with Gasteiger partial charge in [-0.2, -0.15) is 0 Å². The lowest BCUT2D eigenvalue weighted by molar-refractivity contribution is 0.669. The first kappa shape index (κ1) is 29.0. The standard InChI is InChI=1S/C47H31N3O/c1-3-12-32(13-4-1)33-22-25-36(26-23-33)49(45-20-11-18-40-39-17-8-10-21-46(39)51-47(40)45)37-27-28-42(48-31-37)34-24-29-44-41(30-34)38-16-7-9-19-43(38)50(44)35-14-5-2-6-15-35/h1-31H. The van der Waals surface area contributed by atoms with Crippen molar-refractivity contribution in [3.8, 4) is 28.1 Å². The summed E-state index contributed by atoms with van der Waals surface area (Å²) in [6, 6.07) is 63.9. The topological polar surface area (TPSA) is 34.2 Å². The molecule has 0 radical (unpaired) electrons. The highest BCUT2D eigenvalue weighted by molar-refractivity contribution is 6.11. The van der Waals surface area contributed by atoms with Crippen LogP contribution in [0.5, 0.6) is 0 Å². The van der Waals surface area contributed by atoms with Gasteiger partial charge in [-0.1, -0.05) is 115 Å². The van der Waals surface area contributed by atoms with E-state index < -0.39 is 0 Å². The number of benzene rings is 7. The zero-order valence-corrected chi connectivity index (χ0v) is 27.6. The van der Waals surface area contributed by atoms with E-state index in [9.17, 15) is 0 Å². The van der Waals surface area contributed by atoms with Crippen LogP contribution in [0.25, 0.3) is 71.8 Å². The van der Waals surface area contributed by atoms with Crippen molar-refractivity contribution in [1.82, 2.24) is 9.55 Å². The Labute approximate surface area is 295 Å². The minimum absolute atomic E-state index is 0.843. The summed E-state index contributed by atoms with van der Waals surface area (Å²) in [7, 11) is 0. The van der Waals surface area contributed by atoms with Gasteiger partial charge in [0.25, 0.3) is 0 Å². The third-order valence-corrected chi connectivity index (χ3v) is 9.85. The van der Waals surface area contributed by atoms with Gasteiger partial charge in [-0.05, 0) is 77.9 Å². The summed E-state index contributed by atoms with van der Waals surface area (Å²) in [5.41, 5.74) is 12.5. The summed E-state index contributed by atoms with van der Waals surface area (Å²) in [5, 5.41) is 4.61. The number of nitrogens with zero attached hydrogens (tertiary/aromatic N) is 3. The molecule has 0 aliphatic carbocycles. The van der Waals surface area contributed by atoms with Gasteiger partial charge in [-0.15, -0.1) is 0 Å². The lowest BCUT2D eigenvalue weighted by atomic mass is 10.0. The number of fused-ring (bicyclic) bond motifs is 6. The van der Waals surface area contributed by atoms with Gasteiger partial charge in [0, 0.05) is 38.5 Å². The zero-order chi connectivity index (χ0) is 33.7. The maximum atomic E-state index is 6.54. The van der Waals surface area contributed by atoms with Crippen LogP contribution in [0.4, 0.5) is 17.1 Å². The minimum Gasteiger partial charge on any atom is -0.454 e. The molecule has 3 heterocycles. The summed E-state index contributed by atoms with van der Waals surface area (Å²) in [4.78, 5) is 7.32. The van der Waals surface area contributed by atoms with E-state index in [1.54, 1.807) is 0 Å². The highest BCUT2D eigenvalue weighted by Gasteiger charge is 2.20. The average molecular weight is 654 g/mol. The Balaban J connectivity index is 1.09. The van der Waals surface area contributed by atoms with Crippen LogP contribution in [0, 0.1) is 0 Å². The van der Waals surface area contributed by atoms with E-state index in [-0.39, 0.29) is 0 Å². The van der Waals surface area contributed by atoms with Gasteiger partial charge < -0.3 is 13.9 Å². The van der Waals surface area contributed by atoms with Crippen LogP contribution in [0.1, 0.15) is 0 Å². The molecule has 7 aromatic carbocycles. The Morgan fingerprint density at radius 1 is 0.451 bits per heavy atom. The fourth-order valence-electron chi connectivity index (χ4n) is 7.45. The number of furan rings is 1. The predicted molar refractivity (Wildman–Crippen MR) is 211 cm³/mol. The van der Waals surface area contributed by atoms with Crippen LogP contribution in [-0.2, 0) is 0 Å². The van der Waals surface area contributed by atoms with Crippen LogP contribution in [0.15, 0.2) is 193 Å². The van der Waals surface area contributed by atoms with Gasteiger partial charge in [-0.25, -0.2) is 0 Å². The molecule has 0 saturated heterocycles. The summed E-state index contributed by atoms with van der Waals surface area (Å²) in [6.07, 6.45) is 1.97. The third kappa shape index (κ3) is 4.88. The second-order valence-corrected chi connectivity index (χ2v) is 12.8. The molecule has 0 aliphatic rings. The van der Waals surface area contributed by atoms with Gasteiger partial charge in [0.15, 0.2) is 5.58 Å². The molecule has 51 heavy (non-hydrogen) atoms. The number of hydrogen-bond donors (Lipinski definition) is 0. The predicted octanol–water partition coefficient (Wildman–Crippen LogP) is 12.9. The lowest BCUT2D eigenvalue weighted by Crippen LogP contribution is -2.10. The normalized spacial score (nSPS) is 11.5. The Hall–Kier alpha value is -6.91. The number of aromatic nitrogens is 2. The molecule has 4 heteroatoms. The van der Waals surface area contributed by atoms with Crippen molar-refractivity contribution in [3.63, 3.8) is 0 Å². The second-order valence-electron chi connectivity index (χ2n) is 12.8. The van der Waals surface area contributed by atoms with Crippen LogP contribution < -0.4 is 4.90 Å². The zero-order valence-electron chi connectivity index (χ0n) is 27.6. The van der Waals surface area contributed by atoms with Crippen molar-refractivity contribution in [2.45, 2.75) is 0 Å². The van der Waals surface area contributed by atoms with Crippen LogP contribution in [0.3, 0.4) is 0 Å².